The van der Waals surface area contributed by atoms with Crippen LogP contribution in [-0.2, 0) is 0 Å². The number of thiocarbonyl (C=S) groups is 1. The molecule has 0 aliphatic carbocycles. The Morgan fingerprint density at radius 1 is 1.00 bits per heavy atom. The molecule has 28 heavy (non-hydrogen) atoms. The highest BCUT2D eigenvalue weighted by molar-refractivity contribution is 7.80. The van der Waals surface area contributed by atoms with E-state index in [1.54, 1.807) is 42.5 Å². The largest absolute Gasteiger partial charge is 0.339 e. The lowest BCUT2D eigenvalue weighted by Gasteiger charge is -2.27. The number of ketones is 1. The van der Waals surface area contributed by atoms with Gasteiger partial charge in [-0.25, -0.2) is 0 Å². The van der Waals surface area contributed by atoms with E-state index in [9.17, 15) is 9.59 Å². The first kappa shape index (κ1) is 22.7. The van der Waals surface area contributed by atoms with Gasteiger partial charge in [0.25, 0.3) is 5.91 Å². The number of hydrogen-bond donors (Lipinski definition) is 3. The molecule has 3 N–H and O–H groups in total. The molecule has 0 heterocycles. The van der Waals surface area contributed by atoms with Crippen molar-refractivity contribution in [1.82, 2.24) is 10.6 Å². The zero-order valence-electron chi connectivity index (χ0n) is 14.4. The zero-order chi connectivity index (χ0) is 20.9. The number of alkyl halides is 3. The lowest BCUT2D eigenvalue weighted by Crippen LogP contribution is -2.56. The molecule has 0 aliphatic heterocycles. The molecule has 0 spiro atoms. The molecule has 0 radical (unpaired) electrons. The lowest BCUT2D eigenvalue weighted by atomic mass is 10.1. The van der Waals surface area contributed by atoms with Crippen molar-refractivity contribution in [3.63, 3.8) is 0 Å². The van der Waals surface area contributed by atoms with E-state index in [4.69, 9.17) is 58.6 Å². The van der Waals surface area contributed by atoms with Crippen LogP contribution in [0.1, 0.15) is 27.6 Å². The third kappa shape index (κ3) is 6.79. The Morgan fingerprint density at radius 2 is 1.64 bits per heavy atom. The first-order chi connectivity index (χ1) is 13.1. The monoisotopic (exact) mass is 477 g/mol. The Kier molecular flexibility index (Phi) is 7.92. The molecule has 10 heteroatoms. The molecule has 0 saturated carbocycles. The molecule has 1 amide bonds. The molecule has 2 aromatic carbocycles. The van der Waals surface area contributed by atoms with E-state index in [1.165, 1.54) is 13.0 Å². The van der Waals surface area contributed by atoms with Crippen LogP contribution >= 0.6 is 58.6 Å². The van der Waals surface area contributed by atoms with Crippen LogP contribution in [0.15, 0.2) is 48.5 Å². The number of amides is 1. The van der Waals surface area contributed by atoms with E-state index in [0.29, 0.717) is 21.8 Å². The summed E-state index contributed by atoms with van der Waals surface area (Å²) in [5, 5.41) is 8.72. The second kappa shape index (κ2) is 9.76. The van der Waals surface area contributed by atoms with E-state index >= 15 is 0 Å². The molecular formula is C18H15Cl4N3O2S. The van der Waals surface area contributed by atoms with Gasteiger partial charge in [0.05, 0.1) is 0 Å². The predicted octanol–water partition coefficient (Wildman–Crippen LogP) is 4.96. The van der Waals surface area contributed by atoms with E-state index in [-0.39, 0.29) is 10.9 Å². The minimum atomic E-state index is -1.89. The van der Waals surface area contributed by atoms with Crippen molar-refractivity contribution in [2.24, 2.45) is 0 Å². The fourth-order valence-electron chi connectivity index (χ4n) is 2.13. The van der Waals surface area contributed by atoms with Crippen molar-refractivity contribution in [3.05, 3.63) is 64.7 Å². The van der Waals surface area contributed by atoms with Crippen LogP contribution in [0, 0.1) is 0 Å². The zero-order valence-corrected chi connectivity index (χ0v) is 18.3. The van der Waals surface area contributed by atoms with Crippen molar-refractivity contribution in [1.29, 1.82) is 0 Å². The van der Waals surface area contributed by atoms with Gasteiger partial charge in [-0.2, -0.15) is 0 Å². The van der Waals surface area contributed by atoms with E-state index in [2.05, 4.69) is 16.0 Å². The minimum absolute atomic E-state index is 0.0488. The van der Waals surface area contributed by atoms with Gasteiger partial charge in [-0.1, -0.05) is 52.5 Å². The smallest absolute Gasteiger partial charge is 0.253 e. The second-order valence-electron chi connectivity index (χ2n) is 5.69. The quantitative estimate of drug-likeness (QED) is 0.245. The van der Waals surface area contributed by atoms with Gasteiger partial charge in [-0.05, 0) is 61.6 Å². The lowest BCUT2D eigenvalue weighted by molar-refractivity contribution is 0.0933. The molecule has 148 valence electrons. The topological polar surface area (TPSA) is 70.2 Å². The average Bonchev–Trinajstić information content (AvgIpc) is 2.60. The van der Waals surface area contributed by atoms with Gasteiger partial charge in [0, 0.05) is 21.8 Å². The van der Waals surface area contributed by atoms with Crippen LogP contribution in [0.3, 0.4) is 0 Å². The SMILES string of the molecule is CC(=O)c1ccc(NC(=S)N[C@@H](NC(=O)c2cccc(Cl)c2)C(Cl)(Cl)Cl)cc1. The Labute approximate surface area is 187 Å². The summed E-state index contributed by atoms with van der Waals surface area (Å²) in [6.45, 7) is 1.48. The second-order valence-corrected chi connectivity index (χ2v) is 8.90. The number of rotatable bonds is 5. The molecule has 5 nitrogen and oxygen atoms in total. The summed E-state index contributed by atoms with van der Waals surface area (Å²) in [5.41, 5.74) is 1.48. The van der Waals surface area contributed by atoms with Crippen LogP contribution in [0.5, 0.6) is 0 Å². The van der Waals surface area contributed by atoms with Gasteiger partial charge in [-0.3, -0.25) is 9.59 Å². The molecule has 2 aromatic rings. The maximum absolute atomic E-state index is 12.4. The van der Waals surface area contributed by atoms with Crippen molar-refractivity contribution in [2.45, 2.75) is 16.9 Å². The molecule has 0 unspecified atom stereocenters. The van der Waals surface area contributed by atoms with Gasteiger partial charge in [-0.15, -0.1) is 0 Å². The van der Waals surface area contributed by atoms with Gasteiger partial charge < -0.3 is 16.0 Å². The van der Waals surface area contributed by atoms with Crippen molar-refractivity contribution in [2.75, 3.05) is 5.32 Å². The molecule has 0 bridgehead atoms. The first-order valence-electron chi connectivity index (χ1n) is 7.88. The maximum Gasteiger partial charge on any atom is 0.253 e. The van der Waals surface area contributed by atoms with E-state index in [0.717, 1.165) is 0 Å². The number of carbonyl (C=O) groups excluding carboxylic acids is 2. The first-order valence-corrected chi connectivity index (χ1v) is 9.80. The molecule has 1 atom stereocenters. The van der Waals surface area contributed by atoms with Gasteiger partial charge >= 0.3 is 0 Å². The van der Waals surface area contributed by atoms with Crippen LogP contribution in [0.2, 0.25) is 5.02 Å². The summed E-state index contributed by atoms with van der Waals surface area (Å²) >= 11 is 29.0. The summed E-state index contributed by atoms with van der Waals surface area (Å²) in [5.74, 6) is -0.549. The Balaban J connectivity index is 2.06. The van der Waals surface area contributed by atoms with Crippen molar-refractivity contribution < 1.29 is 9.59 Å². The fourth-order valence-corrected chi connectivity index (χ4v) is 2.88. The molecule has 0 saturated heterocycles. The Morgan fingerprint density at radius 3 is 2.18 bits per heavy atom. The standard InChI is InChI=1S/C18H15Cl4N3O2S/c1-10(26)11-5-7-14(8-6-11)23-17(28)25-16(18(20,21)22)24-15(27)12-3-2-4-13(19)9-12/h2-9,16H,1H3,(H,24,27)(H2,23,25,28)/t16-/m1/s1. The summed E-state index contributed by atoms with van der Waals surface area (Å²) in [6, 6.07) is 13.0. The summed E-state index contributed by atoms with van der Waals surface area (Å²) in [6.07, 6.45) is -1.12. The minimum Gasteiger partial charge on any atom is -0.339 e. The highest BCUT2D eigenvalue weighted by Crippen LogP contribution is 2.29. The highest BCUT2D eigenvalue weighted by Gasteiger charge is 2.35. The summed E-state index contributed by atoms with van der Waals surface area (Å²) in [4.78, 5) is 23.7. The third-order valence-corrected chi connectivity index (χ3v) is 4.62. The number of nitrogens with one attached hydrogen (secondary N) is 3. The predicted molar refractivity (Wildman–Crippen MR) is 119 cm³/mol. The average molecular weight is 479 g/mol. The van der Waals surface area contributed by atoms with Gasteiger partial charge in [0.1, 0.15) is 6.17 Å². The fraction of sp³-hybridized carbons (Fsp3) is 0.167. The molecule has 2 rings (SSSR count). The number of anilines is 1. The van der Waals surface area contributed by atoms with Crippen LogP contribution < -0.4 is 16.0 Å². The van der Waals surface area contributed by atoms with Crippen LogP contribution in [0.4, 0.5) is 5.69 Å². The third-order valence-electron chi connectivity index (χ3n) is 3.51. The molecule has 0 fully saturated rings. The number of Topliss-reactive ketones (excluding diaryl/α,β-unsaturated/α-hetero) is 1. The van der Waals surface area contributed by atoms with Crippen LogP contribution in [0.25, 0.3) is 0 Å². The van der Waals surface area contributed by atoms with E-state index < -0.39 is 15.9 Å². The normalized spacial score (nSPS) is 12.0. The van der Waals surface area contributed by atoms with Gasteiger partial charge in [0.15, 0.2) is 10.9 Å². The van der Waals surface area contributed by atoms with E-state index in [1.807, 2.05) is 0 Å². The highest BCUT2D eigenvalue weighted by atomic mass is 35.6. The number of benzene rings is 2. The number of carbonyl (C=O) groups is 2. The number of halogens is 4. The molecule has 0 aliphatic rings. The van der Waals surface area contributed by atoms with Crippen molar-refractivity contribution in [3.8, 4) is 0 Å². The maximum atomic E-state index is 12.4. The van der Waals surface area contributed by atoms with Gasteiger partial charge in [0.2, 0.25) is 3.79 Å². The number of hydrogen-bond acceptors (Lipinski definition) is 3. The summed E-state index contributed by atoms with van der Waals surface area (Å²) < 4.78 is -1.89. The molecular weight excluding hydrogens is 464 g/mol. The molecule has 0 aromatic heterocycles. The van der Waals surface area contributed by atoms with Crippen molar-refractivity contribution >= 4 is 81.1 Å². The Bertz CT molecular complexity index is 885. The summed E-state index contributed by atoms with van der Waals surface area (Å²) in [7, 11) is 0. The Hall–Kier alpha value is -1.57. The van der Waals surface area contributed by atoms with Crippen LogP contribution in [-0.4, -0.2) is 26.8 Å².